The van der Waals surface area contributed by atoms with E-state index in [4.69, 9.17) is 0 Å². The van der Waals surface area contributed by atoms with Gasteiger partial charge < -0.3 is 4.52 Å². The first-order valence-electron chi connectivity index (χ1n) is 6.84. The summed E-state index contributed by atoms with van der Waals surface area (Å²) in [6.45, 7) is 4.49. The summed E-state index contributed by atoms with van der Waals surface area (Å²) in [5.41, 5.74) is 3.50. The molecule has 0 saturated heterocycles. The summed E-state index contributed by atoms with van der Waals surface area (Å²) in [6, 6.07) is 6.91. The van der Waals surface area contributed by atoms with Crippen molar-refractivity contribution in [3.63, 3.8) is 0 Å². The minimum absolute atomic E-state index is 0.0883. The van der Waals surface area contributed by atoms with E-state index in [1.807, 2.05) is 24.7 Å². The van der Waals surface area contributed by atoms with Gasteiger partial charge in [0.1, 0.15) is 0 Å². The van der Waals surface area contributed by atoms with Gasteiger partial charge in [-0.05, 0) is 25.0 Å². The number of aryl methyl sites for hydroxylation is 2. The Balaban J connectivity index is 1.78. The molecule has 2 heterocycles. The Kier molecular flexibility index (Phi) is 3.67. The fraction of sp³-hybridized carbons (Fsp3) is 0.267. The Morgan fingerprint density at radius 1 is 1.13 bits per heavy atom. The van der Waals surface area contributed by atoms with Gasteiger partial charge >= 0.3 is 12.1 Å². The monoisotopic (exact) mass is 322 g/mol. The van der Waals surface area contributed by atoms with Crippen LogP contribution in [0.25, 0.3) is 11.4 Å². The van der Waals surface area contributed by atoms with Gasteiger partial charge in [0.05, 0.1) is 12.2 Å². The molecule has 0 spiro atoms. The summed E-state index contributed by atoms with van der Waals surface area (Å²) in [4.78, 5) is 3.36. The zero-order valence-corrected chi connectivity index (χ0v) is 12.4. The third-order valence-corrected chi connectivity index (χ3v) is 3.42. The van der Waals surface area contributed by atoms with E-state index >= 15 is 0 Å². The first kappa shape index (κ1) is 15.3. The molecule has 8 heteroatoms. The van der Waals surface area contributed by atoms with Crippen molar-refractivity contribution in [1.82, 2.24) is 19.9 Å². The van der Waals surface area contributed by atoms with E-state index < -0.39 is 12.1 Å². The van der Waals surface area contributed by atoms with Crippen LogP contribution in [0, 0.1) is 13.8 Å². The molecule has 0 fully saturated rings. The molecule has 0 amide bonds. The maximum Gasteiger partial charge on any atom is 0.471 e. The van der Waals surface area contributed by atoms with E-state index in [0.29, 0.717) is 12.1 Å². The Labute approximate surface area is 129 Å². The molecule has 0 radical (unpaired) electrons. The molecule has 1 aromatic carbocycles. The maximum atomic E-state index is 12.5. The van der Waals surface area contributed by atoms with Gasteiger partial charge in [0, 0.05) is 11.8 Å². The second-order valence-electron chi connectivity index (χ2n) is 5.21. The highest BCUT2D eigenvalue weighted by molar-refractivity contribution is 5.54. The molecule has 0 aliphatic rings. The van der Waals surface area contributed by atoms with Crippen LogP contribution in [-0.4, -0.2) is 19.9 Å². The first-order chi connectivity index (χ1) is 10.8. The van der Waals surface area contributed by atoms with Crippen molar-refractivity contribution >= 4 is 0 Å². The molecule has 3 aromatic rings. The fourth-order valence-electron chi connectivity index (χ4n) is 2.10. The summed E-state index contributed by atoms with van der Waals surface area (Å²) in [7, 11) is 0. The lowest BCUT2D eigenvalue weighted by Crippen LogP contribution is -2.04. The van der Waals surface area contributed by atoms with Crippen LogP contribution < -0.4 is 0 Å². The highest BCUT2D eigenvalue weighted by Crippen LogP contribution is 2.29. The molecular formula is C15H13F3N4O. The molecule has 0 atom stereocenters. The molecule has 0 unspecified atom stereocenters. The van der Waals surface area contributed by atoms with Crippen LogP contribution in [0.4, 0.5) is 13.2 Å². The molecule has 120 valence electrons. The molecule has 0 aliphatic heterocycles. The van der Waals surface area contributed by atoms with Crippen molar-refractivity contribution in [1.29, 1.82) is 0 Å². The average molecular weight is 322 g/mol. The summed E-state index contributed by atoms with van der Waals surface area (Å²) >= 11 is 0. The predicted octanol–water partition coefficient (Wildman–Crippen LogP) is 3.62. The van der Waals surface area contributed by atoms with Crippen molar-refractivity contribution in [3.05, 3.63) is 53.2 Å². The van der Waals surface area contributed by atoms with Crippen molar-refractivity contribution in [3.8, 4) is 11.4 Å². The Bertz CT molecular complexity index is 799. The Morgan fingerprint density at radius 2 is 1.83 bits per heavy atom. The van der Waals surface area contributed by atoms with Gasteiger partial charge in [0.15, 0.2) is 0 Å². The number of nitrogens with zero attached hydrogens (tertiary/aromatic N) is 4. The lowest BCUT2D eigenvalue weighted by Gasteiger charge is -2.02. The van der Waals surface area contributed by atoms with Gasteiger partial charge in [-0.1, -0.05) is 29.4 Å². The standard InChI is InChI=1S/C15H13F3N4O/c1-9-7-22(20-10(9)2)8-11-3-5-12(6-4-11)13-19-14(23-21-13)15(16,17)18/h3-7H,8H2,1-2H3. The van der Waals surface area contributed by atoms with Gasteiger partial charge in [0.25, 0.3) is 0 Å². The molecule has 23 heavy (non-hydrogen) atoms. The number of alkyl halides is 3. The number of hydrogen-bond donors (Lipinski definition) is 0. The second kappa shape index (κ2) is 5.53. The van der Waals surface area contributed by atoms with Gasteiger partial charge in [0.2, 0.25) is 5.82 Å². The smallest absolute Gasteiger partial charge is 0.329 e. The quantitative estimate of drug-likeness (QED) is 0.739. The van der Waals surface area contributed by atoms with Gasteiger partial charge in [-0.15, -0.1) is 0 Å². The van der Waals surface area contributed by atoms with Crippen LogP contribution in [-0.2, 0) is 12.7 Å². The lowest BCUT2D eigenvalue weighted by atomic mass is 10.1. The van der Waals surface area contributed by atoms with Crippen LogP contribution in [0.5, 0.6) is 0 Å². The number of halogens is 3. The number of aromatic nitrogens is 4. The molecule has 2 aromatic heterocycles. The molecule has 3 rings (SSSR count). The van der Waals surface area contributed by atoms with Gasteiger partial charge in [-0.25, -0.2) is 0 Å². The number of rotatable bonds is 3. The van der Waals surface area contributed by atoms with E-state index in [1.165, 1.54) is 0 Å². The molecule has 0 aliphatic carbocycles. The second-order valence-corrected chi connectivity index (χ2v) is 5.21. The van der Waals surface area contributed by atoms with E-state index in [1.54, 1.807) is 24.3 Å². The van der Waals surface area contributed by atoms with Crippen molar-refractivity contribution in [2.45, 2.75) is 26.6 Å². The highest BCUT2D eigenvalue weighted by atomic mass is 19.4. The molecule has 0 bridgehead atoms. The third-order valence-electron chi connectivity index (χ3n) is 3.42. The summed E-state index contributed by atoms with van der Waals surface area (Å²) in [5, 5.41) is 7.73. The molecule has 0 N–H and O–H groups in total. The van der Waals surface area contributed by atoms with Crippen molar-refractivity contribution in [2.75, 3.05) is 0 Å². The summed E-state index contributed by atoms with van der Waals surface area (Å²) in [5.74, 6) is -1.44. The zero-order valence-electron chi connectivity index (χ0n) is 12.4. The van der Waals surface area contributed by atoms with E-state index in [-0.39, 0.29) is 5.82 Å². The van der Waals surface area contributed by atoms with Crippen LogP contribution in [0.3, 0.4) is 0 Å². The highest BCUT2D eigenvalue weighted by Gasteiger charge is 2.38. The largest absolute Gasteiger partial charge is 0.471 e. The summed E-state index contributed by atoms with van der Waals surface area (Å²) in [6.07, 6.45) is -2.70. The van der Waals surface area contributed by atoms with Crippen LogP contribution >= 0.6 is 0 Å². The minimum Gasteiger partial charge on any atom is -0.329 e. The van der Waals surface area contributed by atoms with Gasteiger partial charge in [-0.2, -0.15) is 23.3 Å². The fourth-order valence-corrected chi connectivity index (χ4v) is 2.10. The van der Waals surface area contributed by atoms with Crippen molar-refractivity contribution < 1.29 is 17.7 Å². The van der Waals surface area contributed by atoms with Crippen LogP contribution in [0.2, 0.25) is 0 Å². The van der Waals surface area contributed by atoms with E-state index in [9.17, 15) is 13.2 Å². The molecule has 0 saturated carbocycles. The SMILES string of the molecule is Cc1cn(Cc2ccc(-c3noc(C(F)(F)F)n3)cc2)nc1C. The minimum atomic E-state index is -4.64. The van der Waals surface area contributed by atoms with Gasteiger partial charge in [-0.3, -0.25) is 4.68 Å². The number of benzene rings is 1. The molecular weight excluding hydrogens is 309 g/mol. The van der Waals surface area contributed by atoms with Crippen LogP contribution in [0.15, 0.2) is 35.0 Å². The van der Waals surface area contributed by atoms with Crippen molar-refractivity contribution in [2.24, 2.45) is 0 Å². The zero-order chi connectivity index (χ0) is 16.6. The lowest BCUT2D eigenvalue weighted by molar-refractivity contribution is -0.159. The maximum absolute atomic E-state index is 12.5. The average Bonchev–Trinajstić information content (AvgIpc) is 3.07. The van der Waals surface area contributed by atoms with E-state index in [2.05, 4.69) is 19.8 Å². The number of hydrogen-bond acceptors (Lipinski definition) is 4. The third kappa shape index (κ3) is 3.25. The first-order valence-corrected chi connectivity index (χ1v) is 6.84. The topological polar surface area (TPSA) is 56.7 Å². The Hall–Kier alpha value is -2.64. The molecule has 5 nitrogen and oxygen atoms in total. The van der Waals surface area contributed by atoms with Crippen LogP contribution in [0.1, 0.15) is 22.7 Å². The normalized spacial score (nSPS) is 11.9. The Morgan fingerprint density at radius 3 is 2.35 bits per heavy atom. The van der Waals surface area contributed by atoms with E-state index in [0.717, 1.165) is 16.8 Å². The predicted molar refractivity (Wildman–Crippen MR) is 75.5 cm³/mol. The summed E-state index contributed by atoms with van der Waals surface area (Å²) < 4.78 is 43.4.